The summed E-state index contributed by atoms with van der Waals surface area (Å²) in [7, 11) is 0. The molecule has 12 heteroatoms. The van der Waals surface area contributed by atoms with E-state index >= 15 is 0 Å². The van der Waals surface area contributed by atoms with Gasteiger partial charge in [0, 0.05) is 39.3 Å². The summed E-state index contributed by atoms with van der Waals surface area (Å²) in [6.07, 6.45) is -6.89. The molecule has 1 aliphatic heterocycles. The van der Waals surface area contributed by atoms with Crippen LogP contribution in [0.1, 0.15) is 43.6 Å². The molecule has 2 aromatic carbocycles. The van der Waals surface area contributed by atoms with Crippen LogP contribution in [0.15, 0.2) is 48.5 Å². The summed E-state index contributed by atoms with van der Waals surface area (Å²) in [6.45, 7) is 4.04. The zero-order valence-electron chi connectivity index (χ0n) is 21.7. The van der Waals surface area contributed by atoms with E-state index in [0.717, 1.165) is 33.8 Å². The number of ketones is 1. The Labute approximate surface area is 223 Å². The molecular formula is C27H28O12. The van der Waals surface area contributed by atoms with Crippen molar-refractivity contribution >= 4 is 29.7 Å². The van der Waals surface area contributed by atoms with Crippen molar-refractivity contribution < 1.29 is 57.5 Å². The van der Waals surface area contributed by atoms with Gasteiger partial charge in [0.1, 0.15) is 24.2 Å². The quantitative estimate of drug-likeness (QED) is 0.278. The Morgan fingerprint density at radius 1 is 0.769 bits per heavy atom. The van der Waals surface area contributed by atoms with Crippen LogP contribution in [0.5, 0.6) is 11.5 Å². The maximum absolute atomic E-state index is 12.8. The fourth-order valence-corrected chi connectivity index (χ4v) is 3.94. The van der Waals surface area contributed by atoms with Gasteiger partial charge in [0.15, 0.2) is 18.0 Å². The van der Waals surface area contributed by atoms with E-state index < -0.39 is 72.7 Å². The lowest BCUT2D eigenvalue weighted by molar-refractivity contribution is -0.288. The molecule has 0 bridgehead atoms. The summed E-state index contributed by atoms with van der Waals surface area (Å²) < 4.78 is 32.8. The van der Waals surface area contributed by atoms with Gasteiger partial charge < -0.3 is 33.5 Å². The molecule has 2 aromatic rings. The first kappa shape index (κ1) is 29.1. The third-order valence-corrected chi connectivity index (χ3v) is 5.45. The van der Waals surface area contributed by atoms with Gasteiger partial charge in [0.05, 0.1) is 5.56 Å². The molecule has 12 nitrogen and oxygen atoms in total. The highest BCUT2D eigenvalue weighted by Crippen LogP contribution is 2.33. The highest BCUT2D eigenvalue weighted by molar-refractivity contribution is 6.10. The average molecular weight is 545 g/mol. The topological polar surface area (TPSA) is 161 Å². The summed E-state index contributed by atoms with van der Waals surface area (Å²) in [4.78, 5) is 59.9. The first-order valence-corrected chi connectivity index (χ1v) is 11.9. The number of phenols is 1. The van der Waals surface area contributed by atoms with Gasteiger partial charge in [-0.1, -0.05) is 30.3 Å². The number of benzene rings is 2. The Morgan fingerprint density at radius 3 is 1.92 bits per heavy atom. The Bertz CT molecular complexity index is 1220. The van der Waals surface area contributed by atoms with Crippen LogP contribution in [0.2, 0.25) is 0 Å². The van der Waals surface area contributed by atoms with Crippen LogP contribution in [0.25, 0.3) is 0 Å². The lowest BCUT2D eigenvalue weighted by Crippen LogP contribution is -2.63. The molecular weight excluding hydrogens is 516 g/mol. The van der Waals surface area contributed by atoms with Crippen molar-refractivity contribution in [1.82, 2.24) is 0 Å². The second-order valence-electron chi connectivity index (χ2n) is 8.56. The molecule has 5 atom stereocenters. The van der Waals surface area contributed by atoms with E-state index in [1.54, 1.807) is 30.3 Å². The molecule has 1 fully saturated rings. The number of rotatable bonds is 9. The predicted molar refractivity (Wildman–Crippen MR) is 131 cm³/mol. The molecule has 0 unspecified atom stereocenters. The van der Waals surface area contributed by atoms with Crippen molar-refractivity contribution in [3.8, 4) is 11.5 Å². The minimum atomic E-state index is -1.49. The van der Waals surface area contributed by atoms with E-state index in [-0.39, 0.29) is 11.3 Å². The molecule has 0 saturated carbocycles. The second-order valence-corrected chi connectivity index (χ2v) is 8.56. The highest BCUT2D eigenvalue weighted by Gasteiger charge is 2.53. The number of phenolic OH excluding ortho intramolecular Hbond substituents is 1. The molecule has 1 heterocycles. The summed E-state index contributed by atoms with van der Waals surface area (Å²) in [5, 5.41) is 10.6. The zero-order chi connectivity index (χ0) is 28.7. The fraction of sp³-hybridized carbons (Fsp3) is 0.370. The Balaban J connectivity index is 1.95. The van der Waals surface area contributed by atoms with Gasteiger partial charge in [-0.2, -0.15) is 0 Å². The van der Waals surface area contributed by atoms with Crippen LogP contribution >= 0.6 is 0 Å². The van der Waals surface area contributed by atoms with E-state index in [4.69, 9.17) is 28.4 Å². The molecule has 1 aliphatic rings. The third kappa shape index (κ3) is 7.77. The molecule has 3 rings (SSSR count). The molecule has 0 radical (unpaired) electrons. The number of ether oxygens (including phenoxy) is 6. The van der Waals surface area contributed by atoms with Crippen LogP contribution < -0.4 is 4.74 Å². The van der Waals surface area contributed by atoms with E-state index in [9.17, 15) is 29.1 Å². The lowest BCUT2D eigenvalue weighted by atomic mass is 9.98. The fourth-order valence-electron chi connectivity index (χ4n) is 3.94. The Hall–Kier alpha value is -4.45. The van der Waals surface area contributed by atoms with Crippen molar-refractivity contribution in [3.05, 3.63) is 59.7 Å². The number of carbonyl (C=O) groups is 5. The van der Waals surface area contributed by atoms with Gasteiger partial charge in [-0.3, -0.25) is 24.0 Å². The first-order chi connectivity index (χ1) is 18.5. The van der Waals surface area contributed by atoms with Crippen molar-refractivity contribution in [1.29, 1.82) is 0 Å². The van der Waals surface area contributed by atoms with Crippen LogP contribution in [0.4, 0.5) is 0 Å². The first-order valence-electron chi connectivity index (χ1n) is 11.9. The summed E-state index contributed by atoms with van der Waals surface area (Å²) in [5.74, 6) is -3.83. The number of esters is 4. The van der Waals surface area contributed by atoms with Crippen molar-refractivity contribution in [2.75, 3.05) is 6.61 Å². The van der Waals surface area contributed by atoms with Gasteiger partial charge in [-0.25, -0.2) is 0 Å². The van der Waals surface area contributed by atoms with Crippen LogP contribution in [-0.2, 0) is 42.9 Å². The summed E-state index contributed by atoms with van der Waals surface area (Å²) >= 11 is 0. The van der Waals surface area contributed by atoms with Crippen LogP contribution in [0, 0.1) is 0 Å². The van der Waals surface area contributed by atoms with E-state index in [1.165, 1.54) is 12.1 Å². The predicted octanol–water partition coefficient (Wildman–Crippen LogP) is 2.09. The maximum atomic E-state index is 12.8. The number of carbonyl (C=O) groups excluding carboxylic acids is 5. The van der Waals surface area contributed by atoms with E-state index in [1.807, 2.05) is 0 Å². The molecule has 0 aromatic heterocycles. The van der Waals surface area contributed by atoms with Gasteiger partial charge >= 0.3 is 23.9 Å². The minimum absolute atomic E-state index is 0.00184. The molecule has 39 heavy (non-hydrogen) atoms. The van der Waals surface area contributed by atoms with Gasteiger partial charge in [-0.15, -0.1) is 0 Å². The summed E-state index contributed by atoms with van der Waals surface area (Å²) in [6, 6.07) is 12.2. The standard InChI is InChI=1S/C27H28O12/c1-14(28)34-13-22-24(35-15(2)29)25(36-16(3)30)26(37-17(4)31)27(39-22)38-19-10-11-20(21(32)12-19)23(33)18-8-6-5-7-9-18/h5-12,22,24-27,32H,13H2,1-4H3/t22-,24-,25+,26-,27-/m0/s1. The van der Waals surface area contributed by atoms with Crippen molar-refractivity contribution in [2.24, 2.45) is 0 Å². The summed E-state index contributed by atoms with van der Waals surface area (Å²) in [5.41, 5.74) is 0.371. The Kier molecular flexibility index (Phi) is 9.61. The van der Waals surface area contributed by atoms with Crippen LogP contribution in [0.3, 0.4) is 0 Å². The number of aromatic hydroxyl groups is 1. The van der Waals surface area contributed by atoms with Crippen molar-refractivity contribution in [2.45, 2.75) is 58.4 Å². The monoisotopic (exact) mass is 544 g/mol. The lowest BCUT2D eigenvalue weighted by Gasteiger charge is -2.43. The number of hydrogen-bond donors (Lipinski definition) is 1. The van der Waals surface area contributed by atoms with Gasteiger partial charge in [0.25, 0.3) is 0 Å². The largest absolute Gasteiger partial charge is 0.507 e. The van der Waals surface area contributed by atoms with Crippen molar-refractivity contribution in [3.63, 3.8) is 0 Å². The number of hydrogen-bond acceptors (Lipinski definition) is 12. The maximum Gasteiger partial charge on any atom is 0.303 e. The van der Waals surface area contributed by atoms with Gasteiger partial charge in [0.2, 0.25) is 12.4 Å². The normalized spacial score (nSPS) is 22.2. The van der Waals surface area contributed by atoms with E-state index in [0.29, 0.717) is 5.56 Å². The third-order valence-electron chi connectivity index (χ3n) is 5.45. The minimum Gasteiger partial charge on any atom is -0.507 e. The zero-order valence-corrected chi connectivity index (χ0v) is 21.7. The SMILES string of the molecule is CC(=O)OC[C@@H]1O[C@H](Oc2ccc(C(=O)c3ccccc3)c(O)c2)[C@@H](OC(C)=O)[C@H](OC(C)=O)[C@H]1OC(C)=O. The van der Waals surface area contributed by atoms with E-state index in [2.05, 4.69) is 0 Å². The Morgan fingerprint density at radius 2 is 1.36 bits per heavy atom. The average Bonchev–Trinajstić information content (AvgIpc) is 2.86. The molecule has 1 N–H and O–H groups in total. The van der Waals surface area contributed by atoms with Gasteiger partial charge in [-0.05, 0) is 12.1 Å². The highest BCUT2D eigenvalue weighted by atomic mass is 16.7. The molecule has 0 aliphatic carbocycles. The van der Waals surface area contributed by atoms with Crippen LogP contribution in [-0.4, -0.2) is 72.1 Å². The smallest absolute Gasteiger partial charge is 0.303 e. The molecule has 0 amide bonds. The molecule has 1 saturated heterocycles. The molecule has 0 spiro atoms. The second kappa shape index (κ2) is 12.9. The molecule has 208 valence electrons.